The Bertz CT molecular complexity index is 726. The molecule has 1 unspecified atom stereocenters. The van der Waals surface area contributed by atoms with E-state index in [9.17, 15) is 4.79 Å². The van der Waals surface area contributed by atoms with Crippen LogP contribution < -0.4 is 10.6 Å². The number of carbonyl (C=O) groups excluding carboxylic acids is 1. The monoisotopic (exact) mass is 444 g/mol. The number of likely N-dealkylation sites (tertiary alicyclic amines) is 1. The summed E-state index contributed by atoms with van der Waals surface area (Å²) in [6.07, 6.45) is 3.51. The Morgan fingerprint density at radius 2 is 1.91 bits per heavy atom. The molecular formula is C25H40N4O3. The third-order valence-electron chi connectivity index (χ3n) is 6.55. The molecule has 2 saturated heterocycles. The zero-order chi connectivity index (χ0) is 22.8. The summed E-state index contributed by atoms with van der Waals surface area (Å²) in [5, 5.41) is 7.35. The molecule has 3 rings (SSSR count). The Kier molecular flexibility index (Phi) is 9.36. The largest absolute Gasteiger partial charge is 0.466 e. The van der Waals surface area contributed by atoms with E-state index >= 15 is 0 Å². The van der Waals surface area contributed by atoms with Gasteiger partial charge in [0.1, 0.15) is 0 Å². The quantitative estimate of drug-likeness (QED) is 0.365. The molecule has 0 aliphatic carbocycles. The molecule has 7 nitrogen and oxygen atoms in total. The zero-order valence-corrected chi connectivity index (χ0v) is 19.9. The Labute approximate surface area is 192 Å². The number of piperidine rings is 1. The van der Waals surface area contributed by atoms with Crippen LogP contribution >= 0.6 is 0 Å². The fourth-order valence-electron chi connectivity index (χ4n) is 4.63. The number of benzene rings is 1. The number of guanidine groups is 1. The number of aliphatic imine (C=N–C) groups is 1. The van der Waals surface area contributed by atoms with Crippen LogP contribution in [-0.4, -0.2) is 68.4 Å². The Morgan fingerprint density at radius 3 is 2.53 bits per heavy atom. The van der Waals surface area contributed by atoms with Crippen LogP contribution in [0, 0.1) is 5.92 Å². The summed E-state index contributed by atoms with van der Waals surface area (Å²) >= 11 is 0. The summed E-state index contributed by atoms with van der Waals surface area (Å²) in [6, 6.07) is 10.8. The summed E-state index contributed by atoms with van der Waals surface area (Å²) in [6.45, 7) is 11.3. The van der Waals surface area contributed by atoms with Gasteiger partial charge in [0.05, 0.1) is 19.1 Å². The first kappa shape index (κ1) is 24.5. The molecule has 2 aliphatic heterocycles. The first-order valence-electron chi connectivity index (χ1n) is 12.2. The summed E-state index contributed by atoms with van der Waals surface area (Å²) in [7, 11) is 0. The smallest absolute Gasteiger partial charge is 0.309 e. The van der Waals surface area contributed by atoms with Crippen molar-refractivity contribution >= 4 is 11.9 Å². The average molecular weight is 445 g/mol. The fraction of sp³-hybridized carbons (Fsp3) is 0.680. The van der Waals surface area contributed by atoms with Crippen molar-refractivity contribution in [2.45, 2.75) is 58.0 Å². The van der Waals surface area contributed by atoms with Crippen molar-refractivity contribution < 1.29 is 14.3 Å². The highest BCUT2D eigenvalue weighted by molar-refractivity contribution is 5.80. The second-order valence-corrected chi connectivity index (χ2v) is 8.85. The second-order valence-electron chi connectivity index (χ2n) is 8.85. The molecule has 1 aromatic rings. The Balaban J connectivity index is 1.67. The number of nitrogens with one attached hydrogen (secondary N) is 2. The summed E-state index contributed by atoms with van der Waals surface area (Å²) < 4.78 is 10.9. The number of ether oxygens (including phenoxy) is 2. The number of esters is 1. The molecule has 0 saturated carbocycles. The SMILES string of the molecule is CCNC(=NCC1(NC(C)c2ccccc2)CCOCC1)N1CCC(C(=O)OCC)CC1. The van der Waals surface area contributed by atoms with Gasteiger partial charge in [-0.25, -0.2) is 0 Å². The number of carbonyl (C=O) groups is 1. The first-order chi connectivity index (χ1) is 15.6. The number of nitrogens with zero attached hydrogens (tertiary/aromatic N) is 2. The normalized spacial score (nSPS) is 20.6. The van der Waals surface area contributed by atoms with E-state index in [1.54, 1.807) is 0 Å². The summed E-state index contributed by atoms with van der Waals surface area (Å²) in [4.78, 5) is 19.5. The van der Waals surface area contributed by atoms with Gasteiger partial charge >= 0.3 is 5.97 Å². The van der Waals surface area contributed by atoms with E-state index in [1.807, 2.05) is 6.92 Å². The van der Waals surface area contributed by atoms with Crippen molar-refractivity contribution in [3.63, 3.8) is 0 Å². The maximum absolute atomic E-state index is 12.1. The number of rotatable bonds is 8. The third-order valence-corrected chi connectivity index (χ3v) is 6.55. The molecule has 0 bridgehead atoms. The molecule has 1 aromatic carbocycles. The molecule has 0 radical (unpaired) electrons. The van der Waals surface area contributed by atoms with Crippen molar-refractivity contribution in [1.29, 1.82) is 0 Å². The van der Waals surface area contributed by atoms with Gasteiger partial charge in [-0.2, -0.15) is 0 Å². The van der Waals surface area contributed by atoms with Crippen molar-refractivity contribution in [1.82, 2.24) is 15.5 Å². The maximum Gasteiger partial charge on any atom is 0.309 e. The highest BCUT2D eigenvalue weighted by Crippen LogP contribution is 2.26. The first-order valence-corrected chi connectivity index (χ1v) is 12.2. The molecule has 2 aliphatic rings. The lowest BCUT2D eigenvalue weighted by Gasteiger charge is -2.40. The molecule has 7 heteroatoms. The van der Waals surface area contributed by atoms with Crippen molar-refractivity contribution in [2.24, 2.45) is 10.9 Å². The summed E-state index contributed by atoms with van der Waals surface area (Å²) in [5.41, 5.74) is 1.20. The molecule has 0 amide bonds. The molecule has 32 heavy (non-hydrogen) atoms. The van der Waals surface area contributed by atoms with Gasteiger partial charge in [0, 0.05) is 44.4 Å². The minimum atomic E-state index is -0.0859. The standard InChI is InChI=1S/C25H40N4O3/c1-4-26-24(29-15-11-22(12-16-29)23(30)32-5-2)27-19-25(13-17-31-18-14-25)28-20(3)21-9-7-6-8-10-21/h6-10,20,22,28H,4-5,11-19H2,1-3H3,(H,26,27). The van der Waals surface area contributed by atoms with Gasteiger partial charge in [0.2, 0.25) is 0 Å². The van der Waals surface area contributed by atoms with Gasteiger partial charge in [-0.15, -0.1) is 0 Å². The lowest BCUT2D eigenvalue weighted by molar-refractivity contribution is -0.149. The van der Waals surface area contributed by atoms with Crippen LogP contribution in [0.3, 0.4) is 0 Å². The molecule has 1 atom stereocenters. The highest BCUT2D eigenvalue weighted by Gasteiger charge is 2.34. The fourth-order valence-corrected chi connectivity index (χ4v) is 4.63. The van der Waals surface area contributed by atoms with E-state index in [0.717, 1.165) is 64.5 Å². The van der Waals surface area contributed by atoms with Gasteiger partial charge < -0.3 is 25.0 Å². The molecule has 178 valence electrons. The minimum absolute atomic E-state index is 0.00398. The summed E-state index contributed by atoms with van der Waals surface area (Å²) in [5.74, 6) is 0.883. The van der Waals surface area contributed by atoms with Crippen LogP contribution in [0.4, 0.5) is 0 Å². The van der Waals surface area contributed by atoms with Gasteiger partial charge in [-0.05, 0) is 52.0 Å². The molecule has 2 heterocycles. The van der Waals surface area contributed by atoms with Crippen LogP contribution in [0.1, 0.15) is 58.1 Å². The topological polar surface area (TPSA) is 75.2 Å². The lowest BCUT2D eigenvalue weighted by atomic mass is 9.88. The molecule has 0 spiro atoms. The van der Waals surface area contributed by atoms with Crippen LogP contribution in [0.5, 0.6) is 0 Å². The van der Waals surface area contributed by atoms with Crippen molar-refractivity contribution in [3.8, 4) is 0 Å². The Morgan fingerprint density at radius 1 is 1.22 bits per heavy atom. The molecule has 0 aromatic heterocycles. The van der Waals surface area contributed by atoms with Gasteiger partial charge in [-0.3, -0.25) is 9.79 Å². The van der Waals surface area contributed by atoms with E-state index in [0.29, 0.717) is 13.2 Å². The molecule has 2 N–H and O–H groups in total. The van der Waals surface area contributed by atoms with Crippen LogP contribution in [0.15, 0.2) is 35.3 Å². The lowest BCUT2D eigenvalue weighted by Crippen LogP contribution is -2.54. The van der Waals surface area contributed by atoms with Gasteiger partial charge in [0.25, 0.3) is 0 Å². The highest BCUT2D eigenvalue weighted by atomic mass is 16.5. The Hall–Kier alpha value is -2.12. The minimum Gasteiger partial charge on any atom is -0.466 e. The van der Waals surface area contributed by atoms with E-state index in [2.05, 4.69) is 59.7 Å². The predicted molar refractivity (Wildman–Crippen MR) is 128 cm³/mol. The van der Waals surface area contributed by atoms with Crippen LogP contribution in [0.25, 0.3) is 0 Å². The van der Waals surface area contributed by atoms with Crippen LogP contribution in [-0.2, 0) is 14.3 Å². The predicted octanol–water partition coefficient (Wildman–Crippen LogP) is 3.13. The van der Waals surface area contributed by atoms with E-state index < -0.39 is 0 Å². The second kappa shape index (κ2) is 12.2. The third kappa shape index (κ3) is 6.69. The van der Waals surface area contributed by atoms with Crippen molar-refractivity contribution in [2.75, 3.05) is 46.0 Å². The maximum atomic E-state index is 12.1. The average Bonchev–Trinajstić information content (AvgIpc) is 2.83. The van der Waals surface area contributed by atoms with Gasteiger partial charge in [0.15, 0.2) is 5.96 Å². The zero-order valence-electron chi connectivity index (χ0n) is 19.9. The van der Waals surface area contributed by atoms with Crippen LogP contribution in [0.2, 0.25) is 0 Å². The molecule has 2 fully saturated rings. The van der Waals surface area contributed by atoms with Gasteiger partial charge in [-0.1, -0.05) is 30.3 Å². The number of hydrogen-bond acceptors (Lipinski definition) is 5. The van der Waals surface area contributed by atoms with E-state index in [1.165, 1.54) is 5.56 Å². The van der Waals surface area contributed by atoms with E-state index in [-0.39, 0.29) is 23.5 Å². The number of hydrogen-bond donors (Lipinski definition) is 2. The van der Waals surface area contributed by atoms with Crippen molar-refractivity contribution in [3.05, 3.63) is 35.9 Å². The molecular weight excluding hydrogens is 404 g/mol. The van der Waals surface area contributed by atoms with E-state index in [4.69, 9.17) is 14.5 Å².